The van der Waals surface area contributed by atoms with Crippen LogP contribution in [0.2, 0.25) is 0 Å². The summed E-state index contributed by atoms with van der Waals surface area (Å²) in [5.74, 6) is -0.0587. The minimum absolute atomic E-state index is 0.136. The fraction of sp³-hybridized carbons (Fsp3) is 0.375. The molecule has 4 nitrogen and oxygen atoms in total. The van der Waals surface area contributed by atoms with Crippen LogP contribution < -0.4 is 11.1 Å². The van der Waals surface area contributed by atoms with Gasteiger partial charge in [-0.3, -0.25) is 4.79 Å². The smallest absolute Gasteiger partial charge is 0.271 e. The summed E-state index contributed by atoms with van der Waals surface area (Å²) in [6, 6.07) is 5.88. The number of aromatic nitrogens is 1. The number of hydrogen-bond donors (Lipinski definition) is 2. The molecule has 0 aliphatic rings. The van der Waals surface area contributed by atoms with E-state index in [2.05, 4.69) is 24.1 Å². The SMILES string of the molecule is CC(C)CC(N)c1nc(C(=O)NCc2ccc(F)cc2)cs1. The molecule has 0 radical (unpaired) electrons. The molecule has 118 valence electrons. The molecule has 2 rings (SSSR count). The van der Waals surface area contributed by atoms with E-state index < -0.39 is 0 Å². The van der Waals surface area contributed by atoms with Gasteiger partial charge < -0.3 is 11.1 Å². The average molecular weight is 321 g/mol. The molecule has 1 heterocycles. The summed E-state index contributed by atoms with van der Waals surface area (Å²) >= 11 is 1.41. The summed E-state index contributed by atoms with van der Waals surface area (Å²) in [5, 5.41) is 5.27. The van der Waals surface area contributed by atoms with Crippen LogP contribution in [0.25, 0.3) is 0 Å². The number of nitrogens with two attached hydrogens (primary N) is 1. The van der Waals surface area contributed by atoms with E-state index in [9.17, 15) is 9.18 Å². The number of rotatable bonds is 6. The number of benzene rings is 1. The Morgan fingerprint density at radius 2 is 2.05 bits per heavy atom. The highest BCUT2D eigenvalue weighted by atomic mass is 32.1. The monoisotopic (exact) mass is 321 g/mol. The van der Waals surface area contributed by atoms with Gasteiger partial charge in [-0.15, -0.1) is 11.3 Å². The maximum absolute atomic E-state index is 12.8. The number of nitrogens with one attached hydrogen (secondary N) is 1. The van der Waals surface area contributed by atoms with Gasteiger partial charge in [0.1, 0.15) is 16.5 Å². The second-order valence-corrected chi connectivity index (χ2v) is 6.51. The molecule has 1 unspecified atom stereocenters. The van der Waals surface area contributed by atoms with Gasteiger partial charge in [0.25, 0.3) is 5.91 Å². The van der Waals surface area contributed by atoms with Crippen molar-refractivity contribution in [1.82, 2.24) is 10.3 Å². The van der Waals surface area contributed by atoms with Crippen LogP contribution in [-0.4, -0.2) is 10.9 Å². The van der Waals surface area contributed by atoms with Gasteiger partial charge in [-0.25, -0.2) is 9.37 Å². The second kappa shape index (κ2) is 7.47. The summed E-state index contributed by atoms with van der Waals surface area (Å²) in [7, 11) is 0. The Labute approximate surface area is 133 Å². The molecule has 3 N–H and O–H groups in total. The summed E-state index contributed by atoms with van der Waals surface area (Å²) < 4.78 is 12.8. The van der Waals surface area contributed by atoms with Gasteiger partial charge in [-0.1, -0.05) is 26.0 Å². The normalized spacial score (nSPS) is 12.4. The lowest BCUT2D eigenvalue weighted by Crippen LogP contribution is -2.23. The molecule has 1 atom stereocenters. The van der Waals surface area contributed by atoms with Crippen molar-refractivity contribution in [1.29, 1.82) is 0 Å². The molecule has 0 fully saturated rings. The van der Waals surface area contributed by atoms with Gasteiger partial charge >= 0.3 is 0 Å². The number of nitrogens with zero attached hydrogens (tertiary/aromatic N) is 1. The third kappa shape index (κ3) is 4.61. The molecule has 0 bridgehead atoms. The minimum Gasteiger partial charge on any atom is -0.347 e. The Morgan fingerprint density at radius 1 is 1.36 bits per heavy atom. The molecule has 2 aromatic rings. The third-order valence-corrected chi connectivity index (χ3v) is 4.14. The predicted molar refractivity (Wildman–Crippen MR) is 86.1 cm³/mol. The van der Waals surface area contributed by atoms with Gasteiger partial charge in [-0.2, -0.15) is 0 Å². The fourth-order valence-corrected chi connectivity index (χ4v) is 2.86. The quantitative estimate of drug-likeness (QED) is 0.858. The first-order valence-corrected chi connectivity index (χ1v) is 8.07. The van der Waals surface area contributed by atoms with E-state index in [1.807, 2.05) is 0 Å². The van der Waals surface area contributed by atoms with E-state index in [0.29, 0.717) is 18.2 Å². The summed E-state index contributed by atoms with van der Waals surface area (Å²) in [6.45, 7) is 4.54. The van der Waals surface area contributed by atoms with Gasteiger partial charge in [-0.05, 0) is 30.0 Å². The van der Waals surface area contributed by atoms with E-state index in [0.717, 1.165) is 17.0 Å². The summed E-state index contributed by atoms with van der Waals surface area (Å²) in [4.78, 5) is 16.4. The van der Waals surface area contributed by atoms with Crippen molar-refractivity contribution < 1.29 is 9.18 Å². The van der Waals surface area contributed by atoms with Gasteiger partial charge in [0, 0.05) is 11.9 Å². The van der Waals surface area contributed by atoms with Crippen LogP contribution >= 0.6 is 11.3 Å². The Kier molecular flexibility index (Phi) is 5.63. The molecule has 0 spiro atoms. The van der Waals surface area contributed by atoms with E-state index in [4.69, 9.17) is 5.73 Å². The van der Waals surface area contributed by atoms with Crippen LogP contribution in [0.15, 0.2) is 29.6 Å². The molecule has 1 aromatic carbocycles. The standard InChI is InChI=1S/C16H20FN3OS/c1-10(2)7-13(18)16-20-14(9-22-16)15(21)19-8-11-3-5-12(17)6-4-11/h3-6,9-10,13H,7-8,18H2,1-2H3,(H,19,21). The Bertz CT molecular complexity index is 625. The van der Waals surface area contributed by atoms with Crippen molar-refractivity contribution in [2.45, 2.75) is 32.9 Å². The second-order valence-electron chi connectivity index (χ2n) is 5.62. The molecule has 22 heavy (non-hydrogen) atoms. The average Bonchev–Trinajstić information content (AvgIpc) is 2.95. The molecular weight excluding hydrogens is 301 g/mol. The van der Waals surface area contributed by atoms with E-state index in [-0.39, 0.29) is 17.8 Å². The summed E-state index contributed by atoms with van der Waals surface area (Å²) in [6.07, 6.45) is 0.837. The van der Waals surface area contributed by atoms with Crippen molar-refractivity contribution in [2.24, 2.45) is 11.7 Å². The zero-order chi connectivity index (χ0) is 16.1. The lowest BCUT2D eigenvalue weighted by atomic mass is 10.1. The van der Waals surface area contributed by atoms with Crippen LogP contribution in [0, 0.1) is 11.7 Å². The summed E-state index contributed by atoms with van der Waals surface area (Å²) in [5.41, 5.74) is 7.28. The zero-order valence-electron chi connectivity index (χ0n) is 12.7. The number of carbonyl (C=O) groups excluding carboxylic acids is 1. The van der Waals surface area contributed by atoms with Crippen molar-refractivity contribution in [3.63, 3.8) is 0 Å². The molecule has 0 aliphatic heterocycles. The number of thiazole rings is 1. The first kappa shape index (κ1) is 16.6. The molecule has 0 saturated heterocycles. The van der Waals surface area contributed by atoms with Gasteiger partial charge in [0.05, 0.1) is 6.04 Å². The maximum Gasteiger partial charge on any atom is 0.271 e. The minimum atomic E-state index is -0.293. The van der Waals surface area contributed by atoms with Crippen LogP contribution in [0.4, 0.5) is 4.39 Å². The molecule has 6 heteroatoms. The Morgan fingerprint density at radius 3 is 2.68 bits per heavy atom. The first-order chi connectivity index (χ1) is 10.5. The molecular formula is C16H20FN3OS. The molecule has 1 aromatic heterocycles. The molecule has 1 amide bonds. The number of halogens is 1. The van der Waals surface area contributed by atoms with Crippen molar-refractivity contribution in [3.05, 3.63) is 51.7 Å². The van der Waals surface area contributed by atoms with Gasteiger partial charge in [0.15, 0.2) is 0 Å². The predicted octanol–water partition coefficient (Wildman–Crippen LogP) is 3.26. The maximum atomic E-state index is 12.8. The Hall–Kier alpha value is -1.79. The van der Waals surface area contributed by atoms with Crippen LogP contribution in [-0.2, 0) is 6.54 Å². The molecule has 0 saturated carbocycles. The number of hydrogen-bond acceptors (Lipinski definition) is 4. The zero-order valence-corrected chi connectivity index (χ0v) is 13.5. The molecule has 0 aliphatic carbocycles. The van der Waals surface area contributed by atoms with Crippen LogP contribution in [0.1, 0.15) is 47.4 Å². The third-order valence-electron chi connectivity index (χ3n) is 3.16. The van der Waals surface area contributed by atoms with Crippen molar-refractivity contribution >= 4 is 17.2 Å². The number of amides is 1. The van der Waals surface area contributed by atoms with Crippen LogP contribution in [0.5, 0.6) is 0 Å². The fourth-order valence-electron chi connectivity index (χ4n) is 2.05. The highest BCUT2D eigenvalue weighted by molar-refractivity contribution is 7.09. The largest absolute Gasteiger partial charge is 0.347 e. The Balaban J connectivity index is 1.92. The van der Waals surface area contributed by atoms with E-state index >= 15 is 0 Å². The highest BCUT2D eigenvalue weighted by Gasteiger charge is 2.16. The van der Waals surface area contributed by atoms with E-state index in [1.165, 1.54) is 23.5 Å². The van der Waals surface area contributed by atoms with Crippen molar-refractivity contribution in [3.8, 4) is 0 Å². The van der Waals surface area contributed by atoms with Gasteiger partial charge in [0.2, 0.25) is 0 Å². The van der Waals surface area contributed by atoms with Crippen LogP contribution in [0.3, 0.4) is 0 Å². The first-order valence-electron chi connectivity index (χ1n) is 7.19. The highest BCUT2D eigenvalue weighted by Crippen LogP contribution is 2.22. The van der Waals surface area contributed by atoms with Crippen molar-refractivity contribution in [2.75, 3.05) is 0 Å². The lowest BCUT2D eigenvalue weighted by Gasteiger charge is -2.10. The topological polar surface area (TPSA) is 68.0 Å². The lowest BCUT2D eigenvalue weighted by molar-refractivity contribution is 0.0946. The number of carbonyl (C=O) groups is 1. The van der Waals surface area contributed by atoms with E-state index in [1.54, 1.807) is 17.5 Å².